The summed E-state index contributed by atoms with van der Waals surface area (Å²) < 4.78 is 66.2. The molecule has 0 amide bonds. The van der Waals surface area contributed by atoms with Gasteiger partial charge in [0.05, 0.1) is 0 Å². The predicted molar refractivity (Wildman–Crippen MR) is 7.18 cm³/mol. The van der Waals surface area contributed by atoms with E-state index in [2.05, 4.69) is 0 Å². The molecule has 8 nitrogen and oxygen atoms in total. The van der Waals surface area contributed by atoms with Crippen molar-refractivity contribution in [1.82, 2.24) is 0 Å². The van der Waals surface area contributed by atoms with E-state index in [-0.39, 0.29) is 44.8 Å². The molecule has 0 saturated carbocycles. The van der Waals surface area contributed by atoms with Crippen molar-refractivity contribution in [2.24, 2.45) is 0 Å². The fourth-order valence-electron chi connectivity index (χ4n) is 0. The van der Waals surface area contributed by atoms with Gasteiger partial charge >= 0.3 is 104 Å². The maximum absolute atomic E-state index is 8.82. The second-order valence-electron chi connectivity index (χ2n) is 0.856. The number of rotatable bonds is 0. The summed E-state index contributed by atoms with van der Waals surface area (Å²) in [5.74, 6) is 0. The van der Waals surface area contributed by atoms with Crippen LogP contribution in [0.15, 0.2) is 0 Å². The molecule has 0 unspecified atom stereocenters. The second kappa shape index (κ2) is 9.15. The van der Waals surface area contributed by atoms with Gasteiger partial charge in [0.25, 0.3) is 0 Å². The van der Waals surface area contributed by atoms with Gasteiger partial charge in [0.1, 0.15) is 0 Å². The normalized spacial score (nSPS) is 9.67. The summed E-state index contributed by atoms with van der Waals surface area (Å²) in [6.07, 6.45) is 0. The molecular formula is H2Ag2Cr2O8. The Balaban J connectivity index is -0.0000000457. The summed E-state index contributed by atoms with van der Waals surface area (Å²) in [4.78, 5) is 0. The summed E-state index contributed by atoms with van der Waals surface area (Å²) in [6, 6.07) is 0. The average molecular weight is 450 g/mol. The van der Waals surface area contributed by atoms with E-state index >= 15 is 0 Å². The van der Waals surface area contributed by atoms with Gasteiger partial charge in [0, 0.05) is 0 Å². The van der Waals surface area contributed by atoms with Crippen LogP contribution in [0.4, 0.5) is 0 Å². The molecule has 0 aromatic rings. The predicted octanol–water partition coefficient (Wildman–Crippen LogP) is -3.98. The molecule has 0 heterocycles. The molecule has 0 aliphatic carbocycles. The van der Waals surface area contributed by atoms with Gasteiger partial charge in [-0.25, -0.2) is 0 Å². The molecule has 0 spiro atoms. The first-order valence-corrected chi connectivity index (χ1v) is 5.63. The third-order valence-corrected chi connectivity index (χ3v) is 0. The molecule has 0 aliphatic heterocycles. The Kier molecular flexibility index (Phi) is 17.9. The van der Waals surface area contributed by atoms with E-state index in [1.807, 2.05) is 0 Å². The van der Waals surface area contributed by atoms with Gasteiger partial charge in [-0.15, -0.1) is 0 Å². The standard InChI is InChI=1S/2Ag.2Cr.2H2O.6O/h;;;;2*1H2;;;;;;/q2*+1;;+2;;;;;;;2*-1/p-2. The van der Waals surface area contributed by atoms with Gasteiger partial charge < -0.3 is 0 Å². The van der Waals surface area contributed by atoms with E-state index < -0.39 is 27.2 Å². The second-order valence-corrected chi connectivity index (χ2v) is 3.53. The van der Waals surface area contributed by atoms with E-state index in [9.17, 15) is 0 Å². The topological polar surface area (TPSA) is 155 Å². The summed E-state index contributed by atoms with van der Waals surface area (Å²) in [5.41, 5.74) is 0. The molecule has 84 valence electrons. The first-order valence-electron chi connectivity index (χ1n) is 1.37. The Labute approximate surface area is 103 Å². The molecule has 12 heteroatoms. The van der Waals surface area contributed by atoms with Crippen molar-refractivity contribution >= 4 is 0 Å². The van der Waals surface area contributed by atoms with Crippen LogP contribution in [0, 0.1) is 0 Å². The molecule has 0 aromatic carbocycles. The quantitative estimate of drug-likeness (QED) is 0.355. The summed E-state index contributed by atoms with van der Waals surface area (Å²) >= 11 is -11.0. The van der Waals surface area contributed by atoms with Crippen molar-refractivity contribution in [1.29, 1.82) is 0 Å². The zero-order chi connectivity index (χ0) is 9.00. The van der Waals surface area contributed by atoms with E-state index in [0.29, 0.717) is 0 Å². The van der Waals surface area contributed by atoms with E-state index in [1.165, 1.54) is 0 Å². The Morgan fingerprint density at radius 2 is 0.833 bits per heavy atom. The van der Waals surface area contributed by atoms with Crippen LogP contribution in [-0.2, 0) is 87.2 Å². The third kappa shape index (κ3) is 516. The van der Waals surface area contributed by atoms with Gasteiger partial charge in [0.15, 0.2) is 0 Å². The van der Waals surface area contributed by atoms with Crippen LogP contribution in [0.3, 0.4) is 0 Å². The zero-order valence-electron chi connectivity index (χ0n) is 4.76. The number of hydrogen-bond donors (Lipinski definition) is 2. The molecule has 2 N–H and O–H groups in total. The first kappa shape index (κ1) is 23.4. The molecule has 0 aliphatic rings. The van der Waals surface area contributed by atoms with Gasteiger partial charge in [-0.05, 0) is 0 Å². The van der Waals surface area contributed by atoms with Crippen LogP contribution in [0.5, 0.6) is 0 Å². The molecule has 0 radical (unpaired) electrons. The van der Waals surface area contributed by atoms with Gasteiger partial charge in [-0.1, -0.05) is 0 Å². The molecule has 0 rings (SSSR count). The van der Waals surface area contributed by atoms with Crippen LogP contribution < -0.4 is 8.32 Å². The van der Waals surface area contributed by atoms with Crippen LogP contribution >= 0.6 is 0 Å². The molecule has 0 aromatic heterocycles. The fourth-order valence-corrected chi connectivity index (χ4v) is 0. The Morgan fingerprint density at radius 3 is 0.833 bits per heavy atom. The van der Waals surface area contributed by atoms with Crippen molar-refractivity contribution in [3.8, 4) is 0 Å². The molecule has 12 heavy (non-hydrogen) atoms. The van der Waals surface area contributed by atoms with Crippen LogP contribution in [0.2, 0.25) is 0 Å². The van der Waals surface area contributed by atoms with Crippen LogP contribution in [0.25, 0.3) is 0 Å². The molecule has 0 bridgehead atoms. The molecule has 0 fully saturated rings. The van der Waals surface area contributed by atoms with Crippen molar-refractivity contribution in [2.75, 3.05) is 0 Å². The third-order valence-electron chi connectivity index (χ3n) is 0. The molecule has 0 saturated heterocycles. The van der Waals surface area contributed by atoms with E-state index in [1.54, 1.807) is 0 Å². The Hall–Kier alpha value is 1.59. The SMILES string of the molecule is [Ag+].[Ag+].[O]=[Cr](=[O])([O-])[O-].[O]=[Cr](=[O])([OH])[OH]. The van der Waals surface area contributed by atoms with E-state index in [0.717, 1.165) is 0 Å². The van der Waals surface area contributed by atoms with Crippen LogP contribution in [0.1, 0.15) is 0 Å². The Bertz CT molecular complexity index is 211. The van der Waals surface area contributed by atoms with Gasteiger partial charge in [-0.2, -0.15) is 0 Å². The maximum atomic E-state index is 8.82. The minimum atomic E-state index is -5.75. The first-order chi connectivity index (χ1) is 4.00. The van der Waals surface area contributed by atoms with E-state index in [4.69, 9.17) is 31.8 Å². The van der Waals surface area contributed by atoms with Crippen molar-refractivity contribution < 1.29 is 104 Å². The average Bonchev–Trinajstić information content (AvgIpc) is 1.12. The summed E-state index contributed by atoms with van der Waals surface area (Å²) in [5, 5.41) is 0. The summed E-state index contributed by atoms with van der Waals surface area (Å²) in [7, 11) is 0. The zero-order valence-corrected chi connectivity index (χ0v) is 10.3. The number of hydrogen-bond acceptors (Lipinski definition) is 6. The minimum absolute atomic E-state index is 0. The Morgan fingerprint density at radius 1 is 0.833 bits per heavy atom. The van der Waals surface area contributed by atoms with Crippen LogP contribution in [-0.4, -0.2) is 8.32 Å². The van der Waals surface area contributed by atoms with Crippen molar-refractivity contribution in [3.63, 3.8) is 0 Å². The van der Waals surface area contributed by atoms with Gasteiger partial charge in [-0.3, -0.25) is 0 Å². The fraction of sp³-hybridized carbons (Fsp3) is 0. The molecular weight excluding hydrogens is 448 g/mol. The van der Waals surface area contributed by atoms with Crippen molar-refractivity contribution in [3.05, 3.63) is 0 Å². The monoisotopic (exact) mass is 448 g/mol. The molecule has 0 atom stereocenters. The van der Waals surface area contributed by atoms with Crippen molar-refractivity contribution in [2.45, 2.75) is 0 Å². The summed E-state index contributed by atoms with van der Waals surface area (Å²) in [6.45, 7) is 0. The van der Waals surface area contributed by atoms with Gasteiger partial charge in [0.2, 0.25) is 0 Å².